The summed E-state index contributed by atoms with van der Waals surface area (Å²) in [5.74, 6) is -0.842. The zero-order chi connectivity index (χ0) is 22.5. The van der Waals surface area contributed by atoms with Gasteiger partial charge in [0.2, 0.25) is 5.91 Å². The van der Waals surface area contributed by atoms with Crippen LogP contribution in [0, 0.1) is 5.92 Å². The number of carbonyl (C=O) groups excluding carboxylic acids is 1. The number of likely N-dealkylation sites (tertiary alicyclic amines) is 1. The predicted molar refractivity (Wildman–Crippen MR) is 104 cm³/mol. The summed E-state index contributed by atoms with van der Waals surface area (Å²) >= 11 is 0. The number of carbonyl (C=O) groups is 2. The largest absolute Gasteiger partial charge is 0.490 e. The number of hydrogen-bond donors (Lipinski definition) is 1. The number of halogens is 3. The van der Waals surface area contributed by atoms with Crippen molar-refractivity contribution in [2.45, 2.75) is 44.9 Å². The minimum Gasteiger partial charge on any atom is -0.475 e. The number of furan rings is 1. The molecule has 0 unspecified atom stereocenters. The first-order valence-electron chi connectivity index (χ1n) is 10.0. The maximum Gasteiger partial charge on any atom is 0.490 e. The average Bonchev–Trinajstić information content (AvgIpc) is 3.16. The molecule has 2 aliphatic rings. The Labute approximate surface area is 174 Å². The Bertz CT molecular complexity index is 699. The Morgan fingerprint density at radius 3 is 2.30 bits per heavy atom. The number of alkyl halides is 3. The molecule has 1 amide bonds. The molecule has 0 bridgehead atoms. The lowest BCUT2D eigenvalue weighted by Gasteiger charge is -2.52. The fraction of sp³-hybridized carbons (Fsp3) is 0.700. The van der Waals surface area contributed by atoms with Crippen LogP contribution in [0.1, 0.15) is 32.4 Å². The minimum atomic E-state index is -5.08. The number of aliphatic carboxylic acids is 1. The Balaban J connectivity index is 0.000000396. The molecule has 2 saturated heterocycles. The second kappa shape index (κ2) is 9.82. The topological polar surface area (TPSA) is 77.2 Å². The summed E-state index contributed by atoms with van der Waals surface area (Å²) in [4.78, 5) is 28.7. The van der Waals surface area contributed by atoms with Crippen molar-refractivity contribution in [2.24, 2.45) is 5.92 Å². The number of carboxylic acid groups (broad SMARTS) is 1. The second-order valence-corrected chi connectivity index (χ2v) is 8.26. The van der Waals surface area contributed by atoms with E-state index in [4.69, 9.17) is 14.3 Å². The molecule has 0 atom stereocenters. The van der Waals surface area contributed by atoms with Crippen molar-refractivity contribution < 1.29 is 32.3 Å². The highest BCUT2D eigenvalue weighted by Crippen LogP contribution is 2.34. The number of likely N-dealkylation sites (N-methyl/N-ethyl adjacent to an activating group) is 1. The van der Waals surface area contributed by atoms with E-state index in [9.17, 15) is 18.0 Å². The van der Waals surface area contributed by atoms with Crippen LogP contribution in [0.25, 0.3) is 0 Å². The van der Waals surface area contributed by atoms with E-state index in [-0.39, 0.29) is 5.54 Å². The summed E-state index contributed by atoms with van der Waals surface area (Å²) in [7, 11) is 1.95. The zero-order valence-corrected chi connectivity index (χ0v) is 17.6. The molecule has 2 aliphatic heterocycles. The van der Waals surface area contributed by atoms with Crippen LogP contribution < -0.4 is 0 Å². The number of rotatable bonds is 4. The van der Waals surface area contributed by atoms with Crippen molar-refractivity contribution >= 4 is 11.9 Å². The lowest BCUT2D eigenvalue weighted by molar-refractivity contribution is -0.192. The highest BCUT2D eigenvalue weighted by Gasteiger charge is 2.49. The van der Waals surface area contributed by atoms with Gasteiger partial charge in [-0.15, -0.1) is 0 Å². The summed E-state index contributed by atoms with van der Waals surface area (Å²) in [5.41, 5.74) is -0.281. The van der Waals surface area contributed by atoms with Crippen LogP contribution in [0.2, 0.25) is 0 Å². The number of hydrogen-bond acceptors (Lipinski definition) is 5. The molecule has 10 heteroatoms. The number of carboxylic acids is 1. The average molecular weight is 433 g/mol. The Morgan fingerprint density at radius 2 is 1.83 bits per heavy atom. The normalized spacial score (nSPS) is 20.4. The molecule has 0 radical (unpaired) electrons. The third-order valence-electron chi connectivity index (χ3n) is 5.53. The number of nitrogens with zero attached hydrogens (tertiary/aromatic N) is 3. The summed E-state index contributed by atoms with van der Waals surface area (Å²) in [5, 5.41) is 7.12. The molecule has 3 heterocycles. The molecule has 1 aromatic rings. The summed E-state index contributed by atoms with van der Waals surface area (Å²) in [6.45, 7) is 10.1. The van der Waals surface area contributed by atoms with Crippen LogP contribution in [0.4, 0.5) is 13.2 Å². The van der Waals surface area contributed by atoms with Crippen LogP contribution >= 0.6 is 0 Å². The smallest absolute Gasteiger partial charge is 0.475 e. The van der Waals surface area contributed by atoms with Crippen LogP contribution in [-0.2, 0) is 16.1 Å². The van der Waals surface area contributed by atoms with Gasteiger partial charge in [-0.2, -0.15) is 13.2 Å². The van der Waals surface area contributed by atoms with Gasteiger partial charge < -0.3 is 14.4 Å². The van der Waals surface area contributed by atoms with Crippen LogP contribution in [0.15, 0.2) is 22.8 Å². The van der Waals surface area contributed by atoms with E-state index < -0.39 is 12.1 Å². The van der Waals surface area contributed by atoms with Crippen LogP contribution in [-0.4, -0.2) is 83.2 Å². The molecule has 1 aromatic heterocycles. The van der Waals surface area contributed by atoms with Crippen LogP contribution in [0.5, 0.6) is 0 Å². The van der Waals surface area contributed by atoms with E-state index in [1.807, 2.05) is 24.1 Å². The van der Waals surface area contributed by atoms with Gasteiger partial charge in [0, 0.05) is 39.8 Å². The van der Waals surface area contributed by atoms with Crippen molar-refractivity contribution in [3.05, 3.63) is 24.2 Å². The first-order chi connectivity index (χ1) is 14.0. The van der Waals surface area contributed by atoms with Gasteiger partial charge in [0.1, 0.15) is 11.3 Å². The molecule has 30 heavy (non-hydrogen) atoms. The highest BCUT2D eigenvalue weighted by atomic mass is 19.4. The van der Waals surface area contributed by atoms with Gasteiger partial charge in [-0.1, -0.05) is 13.8 Å². The van der Waals surface area contributed by atoms with Gasteiger partial charge in [0.15, 0.2) is 0 Å². The summed E-state index contributed by atoms with van der Waals surface area (Å²) < 4.78 is 37.2. The number of piperidine rings is 1. The summed E-state index contributed by atoms with van der Waals surface area (Å²) in [6.07, 6.45) is -1.52. The molecule has 0 aliphatic carbocycles. The number of amides is 1. The van der Waals surface area contributed by atoms with E-state index in [0.29, 0.717) is 11.8 Å². The molecule has 2 fully saturated rings. The highest BCUT2D eigenvalue weighted by molar-refractivity contribution is 5.87. The van der Waals surface area contributed by atoms with Gasteiger partial charge in [-0.3, -0.25) is 14.6 Å². The van der Waals surface area contributed by atoms with E-state index in [1.54, 1.807) is 6.26 Å². The first-order valence-corrected chi connectivity index (χ1v) is 10.0. The molecule has 170 valence electrons. The molecular formula is C20H30F3N3O4. The third-order valence-corrected chi connectivity index (χ3v) is 5.53. The minimum absolute atomic E-state index is 0.281. The molecular weight excluding hydrogens is 403 g/mol. The van der Waals surface area contributed by atoms with Crippen molar-refractivity contribution in [1.82, 2.24) is 14.7 Å². The quantitative estimate of drug-likeness (QED) is 0.787. The SMILES string of the molecule is CC(C)CN1CCN(C)C(=O)C12CCN(Cc1ccco1)CC2.O=C(O)C(F)(F)F. The van der Waals surface area contributed by atoms with Crippen molar-refractivity contribution in [3.8, 4) is 0 Å². The maximum atomic E-state index is 13.0. The standard InChI is InChI=1S/C18H29N3O2.C2HF3O2/c1-15(2)13-21-11-10-19(3)17(22)18(21)6-8-20(9-7-18)14-16-5-4-12-23-16;3-2(4,5)1(6)7/h4-5,12,15H,6-11,13-14H2,1-3H3;(H,6,7). The van der Waals surface area contributed by atoms with Gasteiger partial charge in [0.25, 0.3) is 0 Å². The first kappa shape index (κ1) is 24.2. The fourth-order valence-electron chi connectivity index (χ4n) is 4.02. The Hall–Kier alpha value is -2.07. The van der Waals surface area contributed by atoms with Gasteiger partial charge in [-0.05, 0) is 30.9 Å². The maximum absolute atomic E-state index is 13.0. The van der Waals surface area contributed by atoms with E-state index in [2.05, 4.69) is 23.6 Å². The van der Waals surface area contributed by atoms with E-state index >= 15 is 0 Å². The molecule has 0 saturated carbocycles. The van der Waals surface area contributed by atoms with Gasteiger partial charge in [0.05, 0.1) is 12.8 Å². The van der Waals surface area contributed by atoms with Crippen molar-refractivity contribution in [3.63, 3.8) is 0 Å². The van der Waals surface area contributed by atoms with Gasteiger partial charge in [-0.25, -0.2) is 4.79 Å². The molecule has 3 rings (SSSR count). The lowest BCUT2D eigenvalue weighted by atomic mass is 9.82. The third kappa shape index (κ3) is 5.98. The second-order valence-electron chi connectivity index (χ2n) is 8.26. The van der Waals surface area contributed by atoms with E-state index in [0.717, 1.165) is 57.9 Å². The zero-order valence-electron chi connectivity index (χ0n) is 17.6. The lowest BCUT2D eigenvalue weighted by Crippen LogP contribution is -2.68. The molecule has 1 N–H and O–H groups in total. The summed E-state index contributed by atoms with van der Waals surface area (Å²) in [6, 6.07) is 3.96. The molecule has 0 aromatic carbocycles. The Morgan fingerprint density at radius 1 is 1.23 bits per heavy atom. The van der Waals surface area contributed by atoms with Crippen LogP contribution in [0.3, 0.4) is 0 Å². The number of piperazine rings is 1. The van der Waals surface area contributed by atoms with Crippen molar-refractivity contribution in [2.75, 3.05) is 39.8 Å². The molecule has 1 spiro atoms. The predicted octanol–water partition coefficient (Wildman–Crippen LogP) is 2.68. The monoisotopic (exact) mass is 433 g/mol. The van der Waals surface area contributed by atoms with Gasteiger partial charge >= 0.3 is 12.1 Å². The Kier molecular flexibility index (Phi) is 7.93. The van der Waals surface area contributed by atoms with Crippen molar-refractivity contribution in [1.29, 1.82) is 0 Å². The molecule has 7 nitrogen and oxygen atoms in total. The fourth-order valence-corrected chi connectivity index (χ4v) is 4.02. The van der Waals surface area contributed by atoms with E-state index in [1.165, 1.54) is 0 Å².